The molecule has 8 heteroatoms. The largest absolute Gasteiger partial charge is 0.419 e. The fourth-order valence-corrected chi connectivity index (χ4v) is 2.91. The Balaban J connectivity index is 1.74. The third-order valence-electron chi connectivity index (χ3n) is 4.19. The molecule has 1 saturated heterocycles. The molecule has 1 heterocycles. The minimum Gasteiger partial charge on any atom is -0.419 e. The Kier molecular flexibility index (Phi) is 4.45. The van der Waals surface area contributed by atoms with Gasteiger partial charge in [-0.25, -0.2) is 9.59 Å². The van der Waals surface area contributed by atoms with E-state index in [1.165, 1.54) is 12.1 Å². The number of hydrogen-bond donors (Lipinski definition) is 1. The van der Waals surface area contributed by atoms with Crippen LogP contribution in [0.2, 0.25) is 0 Å². The molecule has 1 N–H and O–H groups in total. The van der Waals surface area contributed by atoms with Gasteiger partial charge in [0.2, 0.25) is 0 Å². The van der Waals surface area contributed by atoms with Gasteiger partial charge in [0.25, 0.3) is 5.79 Å². The Hall–Kier alpha value is -2.51. The Bertz CT molecular complexity index is 699. The molecule has 0 radical (unpaired) electrons. The van der Waals surface area contributed by atoms with Crippen LogP contribution in [0.3, 0.4) is 0 Å². The SMILES string of the molecule is O=C1OC2(CCCCC2)OC(=O)C1=CNc1cccc(C(F)(F)F)c1. The van der Waals surface area contributed by atoms with Crippen molar-refractivity contribution in [2.45, 2.75) is 44.1 Å². The molecule has 0 amide bonds. The number of carbonyl (C=O) groups is 2. The van der Waals surface area contributed by atoms with Crippen molar-refractivity contribution in [1.82, 2.24) is 0 Å². The van der Waals surface area contributed by atoms with Crippen molar-refractivity contribution in [2.24, 2.45) is 0 Å². The second-order valence-corrected chi connectivity index (χ2v) is 6.03. The highest BCUT2D eigenvalue weighted by molar-refractivity contribution is 6.15. The predicted octanol–water partition coefficient (Wildman–Crippen LogP) is 3.76. The molecule has 1 aliphatic carbocycles. The average molecular weight is 355 g/mol. The number of halogens is 3. The summed E-state index contributed by atoms with van der Waals surface area (Å²) in [5.41, 5.74) is -1.14. The zero-order valence-corrected chi connectivity index (χ0v) is 13.2. The maximum Gasteiger partial charge on any atom is 0.416 e. The van der Waals surface area contributed by atoms with Gasteiger partial charge in [0.15, 0.2) is 5.57 Å². The van der Waals surface area contributed by atoms with Gasteiger partial charge in [-0.2, -0.15) is 13.2 Å². The van der Waals surface area contributed by atoms with E-state index in [1.807, 2.05) is 0 Å². The maximum atomic E-state index is 12.7. The van der Waals surface area contributed by atoms with E-state index in [9.17, 15) is 22.8 Å². The lowest BCUT2D eigenvalue weighted by Gasteiger charge is -2.38. The van der Waals surface area contributed by atoms with Crippen LogP contribution in [-0.4, -0.2) is 17.7 Å². The summed E-state index contributed by atoms with van der Waals surface area (Å²) in [6, 6.07) is 4.40. The molecule has 134 valence electrons. The van der Waals surface area contributed by atoms with Gasteiger partial charge in [-0.1, -0.05) is 12.5 Å². The summed E-state index contributed by atoms with van der Waals surface area (Å²) in [6.07, 6.45) is 0.00913. The smallest absolute Gasteiger partial charge is 0.416 e. The summed E-state index contributed by atoms with van der Waals surface area (Å²) in [6.45, 7) is 0. The van der Waals surface area contributed by atoms with Gasteiger partial charge in [-0.3, -0.25) is 0 Å². The lowest BCUT2D eigenvalue weighted by molar-refractivity contribution is -0.244. The molecule has 3 rings (SSSR count). The molecule has 5 nitrogen and oxygen atoms in total. The van der Waals surface area contributed by atoms with E-state index in [1.54, 1.807) is 0 Å². The highest BCUT2D eigenvalue weighted by atomic mass is 19.4. The molecular formula is C17H16F3NO4. The van der Waals surface area contributed by atoms with Crippen molar-refractivity contribution in [3.63, 3.8) is 0 Å². The maximum absolute atomic E-state index is 12.7. The van der Waals surface area contributed by atoms with E-state index >= 15 is 0 Å². The van der Waals surface area contributed by atoms with E-state index in [0.29, 0.717) is 12.8 Å². The molecule has 0 bridgehead atoms. The van der Waals surface area contributed by atoms with Crippen LogP contribution < -0.4 is 5.32 Å². The average Bonchev–Trinajstić information content (AvgIpc) is 2.54. The fraction of sp³-hybridized carbons (Fsp3) is 0.412. The molecule has 1 aliphatic heterocycles. The molecular weight excluding hydrogens is 339 g/mol. The van der Waals surface area contributed by atoms with Gasteiger partial charge < -0.3 is 14.8 Å². The number of esters is 2. The summed E-state index contributed by atoms with van der Waals surface area (Å²) in [4.78, 5) is 24.2. The monoisotopic (exact) mass is 355 g/mol. The Morgan fingerprint density at radius 2 is 1.68 bits per heavy atom. The van der Waals surface area contributed by atoms with Gasteiger partial charge in [-0.05, 0) is 31.0 Å². The van der Waals surface area contributed by atoms with Crippen molar-refractivity contribution in [1.29, 1.82) is 0 Å². The lowest BCUT2D eigenvalue weighted by atomic mass is 9.93. The van der Waals surface area contributed by atoms with Crippen molar-refractivity contribution in [3.8, 4) is 0 Å². The third-order valence-corrected chi connectivity index (χ3v) is 4.19. The first-order valence-electron chi connectivity index (χ1n) is 7.90. The number of benzene rings is 1. The topological polar surface area (TPSA) is 64.6 Å². The number of ether oxygens (including phenoxy) is 2. The van der Waals surface area contributed by atoms with Crippen LogP contribution in [0.1, 0.15) is 37.7 Å². The van der Waals surface area contributed by atoms with E-state index in [2.05, 4.69) is 5.32 Å². The van der Waals surface area contributed by atoms with Crippen molar-refractivity contribution in [2.75, 3.05) is 5.32 Å². The van der Waals surface area contributed by atoms with Crippen molar-refractivity contribution < 1.29 is 32.2 Å². The van der Waals surface area contributed by atoms with Crippen LogP contribution >= 0.6 is 0 Å². The van der Waals surface area contributed by atoms with Crippen molar-refractivity contribution in [3.05, 3.63) is 41.6 Å². The summed E-state index contributed by atoms with van der Waals surface area (Å²) >= 11 is 0. The van der Waals surface area contributed by atoms with E-state index < -0.39 is 29.5 Å². The molecule has 25 heavy (non-hydrogen) atoms. The first kappa shape index (κ1) is 17.3. The van der Waals surface area contributed by atoms with Gasteiger partial charge in [0, 0.05) is 24.7 Å². The third kappa shape index (κ3) is 3.78. The Morgan fingerprint density at radius 3 is 2.28 bits per heavy atom. The normalized spacial score (nSPS) is 20.0. The molecule has 1 aromatic rings. The molecule has 1 spiro atoms. The predicted molar refractivity (Wildman–Crippen MR) is 81.1 cm³/mol. The minimum absolute atomic E-state index is 0.0841. The summed E-state index contributed by atoms with van der Waals surface area (Å²) in [5, 5.41) is 2.52. The fourth-order valence-electron chi connectivity index (χ4n) is 2.91. The number of hydrogen-bond acceptors (Lipinski definition) is 5. The molecule has 2 fully saturated rings. The van der Waals surface area contributed by atoms with Crippen LogP contribution in [0.5, 0.6) is 0 Å². The highest BCUT2D eigenvalue weighted by Crippen LogP contribution is 2.37. The van der Waals surface area contributed by atoms with Gasteiger partial charge in [-0.15, -0.1) is 0 Å². The number of anilines is 1. The summed E-state index contributed by atoms with van der Waals surface area (Å²) < 4.78 is 48.7. The quantitative estimate of drug-likeness (QED) is 0.497. The molecule has 0 atom stereocenters. The van der Waals surface area contributed by atoms with Gasteiger partial charge >= 0.3 is 18.1 Å². The zero-order chi connectivity index (χ0) is 18.1. The number of alkyl halides is 3. The second kappa shape index (κ2) is 6.42. The van der Waals surface area contributed by atoms with E-state index in [4.69, 9.17) is 9.47 Å². The Labute approximate surface area is 141 Å². The first-order chi connectivity index (χ1) is 11.8. The molecule has 0 unspecified atom stereocenters. The number of rotatable bonds is 2. The van der Waals surface area contributed by atoms with Crippen LogP contribution in [0.15, 0.2) is 36.0 Å². The highest BCUT2D eigenvalue weighted by Gasteiger charge is 2.46. The number of nitrogens with one attached hydrogen (secondary N) is 1. The minimum atomic E-state index is -4.49. The molecule has 1 aromatic carbocycles. The van der Waals surface area contributed by atoms with Gasteiger partial charge in [0.1, 0.15) is 0 Å². The number of carbonyl (C=O) groups excluding carboxylic acids is 2. The zero-order valence-electron chi connectivity index (χ0n) is 13.2. The van der Waals surface area contributed by atoms with Crippen molar-refractivity contribution >= 4 is 17.6 Å². The van der Waals surface area contributed by atoms with E-state index in [-0.39, 0.29) is 11.3 Å². The standard InChI is InChI=1S/C17H16F3NO4/c18-17(19,20)11-5-4-6-12(9-11)21-10-13-14(22)24-16(25-15(13)23)7-2-1-3-8-16/h4-6,9-10,21H,1-3,7-8H2. The van der Waals surface area contributed by atoms with Crippen LogP contribution in [-0.2, 0) is 25.2 Å². The summed E-state index contributed by atoms with van der Waals surface area (Å²) in [5.74, 6) is -2.87. The van der Waals surface area contributed by atoms with Crippen LogP contribution in [0.25, 0.3) is 0 Å². The second-order valence-electron chi connectivity index (χ2n) is 6.03. The van der Waals surface area contributed by atoms with Crippen LogP contribution in [0.4, 0.5) is 18.9 Å². The van der Waals surface area contributed by atoms with Crippen LogP contribution in [0, 0.1) is 0 Å². The van der Waals surface area contributed by atoms with E-state index in [0.717, 1.165) is 37.6 Å². The van der Waals surface area contributed by atoms with Gasteiger partial charge in [0.05, 0.1) is 5.56 Å². The Morgan fingerprint density at radius 1 is 1.04 bits per heavy atom. The molecule has 1 saturated carbocycles. The molecule has 0 aromatic heterocycles. The molecule has 2 aliphatic rings. The summed E-state index contributed by atoms with van der Waals surface area (Å²) in [7, 11) is 0. The first-order valence-corrected chi connectivity index (χ1v) is 7.90. The lowest BCUT2D eigenvalue weighted by Crippen LogP contribution is -2.47.